The topological polar surface area (TPSA) is 51.2 Å². The van der Waals surface area contributed by atoms with Crippen molar-refractivity contribution in [1.29, 1.82) is 0 Å². The summed E-state index contributed by atoms with van der Waals surface area (Å²) < 4.78 is 0. The van der Waals surface area contributed by atoms with Crippen LogP contribution >= 0.6 is 0 Å². The molecule has 1 aliphatic carbocycles. The molecule has 0 bridgehead atoms. The van der Waals surface area contributed by atoms with E-state index in [1.54, 1.807) is 6.92 Å². The second-order valence-electron chi connectivity index (χ2n) is 11.7. The first kappa shape index (κ1) is 28.0. The molecule has 0 radical (unpaired) electrons. The van der Waals surface area contributed by atoms with E-state index < -0.39 is 0 Å². The molecule has 1 aliphatic rings. The van der Waals surface area contributed by atoms with Gasteiger partial charge in [-0.2, -0.15) is 0 Å². The zero-order valence-corrected chi connectivity index (χ0v) is 22.7. The highest BCUT2D eigenvalue weighted by Gasteiger charge is 2.42. The standard InChI is InChI=1S/C31H44O3/c1-10-25(31(8,9)26-18-21(3)23-16-11-12-17-24(23)26)28(33)19-27(30(5,6)7)29(34)20(2)14-13-15-22(4)32/h11-12,14,16-18,21,25,27H,10,13,15,19H2,1-9H3/b20-14+. The Bertz CT molecular complexity index is 984. The number of carbonyl (C=O) groups excluding carboxylic acids is 3. The summed E-state index contributed by atoms with van der Waals surface area (Å²) in [5.41, 5.74) is 3.81. The second kappa shape index (κ2) is 11.0. The number of benzene rings is 1. The van der Waals surface area contributed by atoms with Crippen LogP contribution < -0.4 is 0 Å². The Morgan fingerprint density at radius 2 is 1.62 bits per heavy atom. The molecule has 0 N–H and O–H groups in total. The molecule has 0 heterocycles. The van der Waals surface area contributed by atoms with E-state index in [1.807, 2.05) is 33.8 Å². The van der Waals surface area contributed by atoms with Crippen LogP contribution in [0.3, 0.4) is 0 Å². The Morgan fingerprint density at radius 3 is 2.18 bits per heavy atom. The summed E-state index contributed by atoms with van der Waals surface area (Å²) in [6.45, 7) is 18.1. The van der Waals surface area contributed by atoms with Gasteiger partial charge < -0.3 is 4.79 Å². The molecular formula is C31H44O3. The summed E-state index contributed by atoms with van der Waals surface area (Å²) in [5, 5.41) is 0. The van der Waals surface area contributed by atoms with Gasteiger partial charge in [-0.15, -0.1) is 0 Å². The number of Topliss-reactive ketones (excluding diaryl/α,β-unsaturated/α-hetero) is 3. The third-order valence-electron chi connectivity index (χ3n) is 7.62. The minimum Gasteiger partial charge on any atom is -0.300 e. The molecular weight excluding hydrogens is 420 g/mol. The number of rotatable bonds is 11. The van der Waals surface area contributed by atoms with Crippen molar-refractivity contribution >= 4 is 22.9 Å². The number of allylic oxidation sites excluding steroid dienone is 4. The van der Waals surface area contributed by atoms with Crippen molar-refractivity contribution in [2.45, 2.75) is 93.9 Å². The maximum Gasteiger partial charge on any atom is 0.162 e. The Balaban J connectivity index is 2.31. The van der Waals surface area contributed by atoms with Gasteiger partial charge >= 0.3 is 0 Å². The Kier molecular flexibility index (Phi) is 9.02. The fraction of sp³-hybridized carbons (Fsp3) is 0.581. The van der Waals surface area contributed by atoms with E-state index in [-0.39, 0.29) is 46.4 Å². The van der Waals surface area contributed by atoms with Gasteiger partial charge in [-0.1, -0.05) is 84.9 Å². The number of fused-ring (bicyclic) bond motifs is 1. The third kappa shape index (κ3) is 6.23. The molecule has 0 spiro atoms. The molecule has 2 rings (SSSR count). The van der Waals surface area contributed by atoms with Gasteiger partial charge in [0.1, 0.15) is 11.6 Å². The van der Waals surface area contributed by atoms with Crippen molar-refractivity contribution in [2.75, 3.05) is 0 Å². The van der Waals surface area contributed by atoms with Crippen molar-refractivity contribution in [2.24, 2.45) is 22.7 Å². The number of carbonyl (C=O) groups is 3. The van der Waals surface area contributed by atoms with Crippen LogP contribution in [0.1, 0.15) is 105 Å². The predicted octanol–water partition coefficient (Wildman–Crippen LogP) is 7.75. The molecule has 1 aromatic carbocycles. The van der Waals surface area contributed by atoms with Crippen molar-refractivity contribution < 1.29 is 14.4 Å². The van der Waals surface area contributed by atoms with E-state index >= 15 is 0 Å². The van der Waals surface area contributed by atoms with Crippen LogP contribution in [0.25, 0.3) is 5.57 Å². The van der Waals surface area contributed by atoms with E-state index in [2.05, 4.69) is 58.0 Å². The average molecular weight is 465 g/mol. The molecule has 0 saturated carbocycles. The normalized spacial score (nSPS) is 18.2. The van der Waals surface area contributed by atoms with Gasteiger partial charge in [0.05, 0.1) is 0 Å². The van der Waals surface area contributed by atoms with Gasteiger partial charge in [-0.3, -0.25) is 9.59 Å². The highest BCUT2D eigenvalue weighted by molar-refractivity contribution is 6.00. The highest BCUT2D eigenvalue weighted by Crippen LogP contribution is 2.50. The molecule has 3 atom stereocenters. The van der Waals surface area contributed by atoms with E-state index in [1.165, 1.54) is 16.7 Å². The van der Waals surface area contributed by atoms with Crippen LogP contribution in [0.5, 0.6) is 0 Å². The van der Waals surface area contributed by atoms with Gasteiger partial charge in [-0.25, -0.2) is 0 Å². The summed E-state index contributed by atoms with van der Waals surface area (Å²) in [6.07, 6.45) is 6.15. The van der Waals surface area contributed by atoms with E-state index in [0.29, 0.717) is 24.3 Å². The van der Waals surface area contributed by atoms with Gasteiger partial charge in [0.2, 0.25) is 0 Å². The summed E-state index contributed by atoms with van der Waals surface area (Å²) in [4.78, 5) is 38.5. The lowest BCUT2D eigenvalue weighted by atomic mass is 9.65. The van der Waals surface area contributed by atoms with E-state index in [0.717, 1.165) is 6.42 Å². The summed E-state index contributed by atoms with van der Waals surface area (Å²) in [6, 6.07) is 8.49. The largest absolute Gasteiger partial charge is 0.300 e. The van der Waals surface area contributed by atoms with Gasteiger partial charge in [-0.05, 0) is 59.8 Å². The molecule has 0 amide bonds. The molecule has 3 heteroatoms. The summed E-state index contributed by atoms with van der Waals surface area (Å²) in [5.74, 6) is 0.0826. The number of hydrogen-bond donors (Lipinski definition) is 0. The molecule has 0 fully saturated rings. The summed E-state index contributed by atoms with van der Waals surface area (Å²) in [7, 11) is 0. The molecule has 1 aromatic rings. The fourth-order valence-electron chi connectivity index (χ4n) is 5.46. The van der Waals surface area contributed by atoms with Gasteiger partial charge in [0.15, 0.2) is 5.78 Å². The molecule has 0 aromatic heterocycles. The molecule has 34 heavy (non-hydrogen) atoms. The molecule has 0 aliphatic heterocycles. The monoisotopic (exact) mass is 464 g/mol. The maximum atomic E-state index is 13.8. The first-order valence-electron chi connectivity index (χ1n) is 12.8. The van der Waals surface area contributed by atoms with Crippen LogP contribution in [0.15, 0.2) is 42.0 Å². The molecule has 3 nitrogen and oxygen atoms in total. The highest BCUT2D eigenvalue weighted by atomic mass is 16.1. The first-order chi connectivity index (χ1) is 15.7. The van der Waals surface area contributed by atoms with Crippen molar-refractivity contribution in [3.05, 3.63) is 53.1 Å². The van der Waals surface area contributed by atoms with Gasteiger partial charge in [0, 0.05) is 30.6 Å². The van der Waals surface area contributed by atoms with Crippen LogP contribution in [0.2, 0.25) is 0 Å². The lowest BCUT2D eigenvalue weighted by Gasteiger charge is -2.37. The van der Waals surface area contributed by atoms with Crippen LogP contribution in [0, 0.1) is 22.7 Å². The smallest absolute Gasteiger partial charge is 0.162 e. The third-order valence-corrected chi connectivity index (χ3v) is 7.62. The predicted molar refractivity (Wildman–Crippen MR) is 142 cm³/mol. The Morgan fingerprint density at radius 1 is 1.00 bits per heavy atom. The Labute approximate surface area is 207 Å². The molecule has 186 valence electrons. The second-order valence-corrected chi connectivity index (χ2v) is 11.7. The van der Waals surface area contributed by atoms with Gasteiger partial charge in [0.25, 0.3) is 0 Å². The van der Waals surface area contributed by atoms with Crippen molar-refractivity contribution in [3.8, 4) is 0 Å². The number of hydrogen-bond acceptors (Lipinski definition) is 3. The zero-order valence-electron chi connectivity index (χ0n) is 22.7. The molecule has 3 unspecified atom stereocenters. The van der Waals surface area contributed by atoms with Crippen LogP contribution in [-0.4, -0.2) is 17.3 Å². The fourth-order valence-corrected chi connectivity index (χ4v) is 5.46. The summed E-state index contributed by atoms with van der Waals surface area (Å²) >= 11 is 0. The first-order valence-corrected chi connectivity index (χ1v) is 12.8. The minimum atomic E-state index is -0.387. The maximum absolute atomic E-state index is 13.8. The zero-order chi connectivity index (χ0) is 25.8. The van der Waals surface area contributed by atoms with Crippen molar-refractivity contribution in [3.63, 3.8) is 0 Å². The minimum absolute atomic E-state index is 0.0242. The quantitative estimate of drug-likeness (QED) is 0.315. The molecule has 0 saturated heterocycles. The van der Waals surface area contributed by atoms with Crippen LogP contribution in [-0.2, 0) is 14.4 Å². The van der Waals surface area contributed by atoms with Crippen LogP contribution in [0.4, 0.5) is 0 Å². The van der Waals surface area contributed by atoms with Crippen molar-refractivity contribution in [1.82, 2.24) is 0 Å². The Hall–Kier alpha value is -2.29. The van der Waals surface area contributed by atoms with E-state index in [4.69, 9.17) is 0 Å². The number of ketones is 3. The lowest BCUT2D eigenvalue weighted by molar-refractivity contribution is -0.132. The SMILES string of the molecule is CCC(C(=O)CC(C(=O)/C(C)=C/CCC(C)=O)C(C)(C)C)C(C)(C)C1=CC(C)c2ccccc21. The lowest BCUT2D eigenvalue weighted by Crippen LogP contribution is -2.37. The van der Waals surface area contributed by atoms with E-state index in [9.17, 15) is 14.4 Å². The average Bonchev–Trinajstić information content (AvgIpc) is 3.08.